The summed E-state index contributed by atoms with van der Waals surface area (Å²) in [6, 6.07) is 17.0. The van der Waals surface area contributed by atoms with Crippen LogP contribution in [0.5, 0.6) is 0 Å². The number of halogens is 1. The lowest BCUT2D eigenvalue weighted by Gasteiger charge is -2.20. The molecule has 0 N–H and O–H groups in total. The van der Waals surface area contributed by atoms with E-state index in [2.05, 4.69) is 28.9 Å². The lowest BCUT2D eigenvalue weighted by Crippen LogP contribution is -2.36. The smallest absolute Gasteiger partial charge is 0.251 e. The lowest BCUT2D eigenvalue weighted by atomic mass is 10.1. The van der Waals surface area contributed by atoms with Crippen LogP contribution in [0.15, 0.2) is 70.1 Å². The number of aromatic nitrogens is 2. The molecule has 4 rings (SSSR count). The molecule has 2 aromatic carbocycles. The second kappa shape index (κ2) is 8.53. The van der Waals surface area contributed by atoms with Crippen molar-refractivity contribution >= 4 is 48.5 Å². The second-order valence-electron chi connectivity index (χ2n) is 7.13. The molecule has 0 atom stereocenters. The number of anilines is 1. The predicted molar refractivity (Wildman–Crippen MR) is 125 cm³/mol. The first-order chi connectivity index (χ1) is 14.4. The van der Waals surface area contributed by atoms with Crippen LogP contribution < -0.4 is 10.5 Å². The van der Waals surface area contributed by atoms with Crippen molar-refractivity contribution in [1.29, 1.82) is 0 Å². The fourth-order valence-corrected chi connectivity index (χ4v) is 4.64. The van der Waals surface area contributed by atoms with Gasteiger partial charge in [0, 0.05) is 16.7 Å². The van der Waals surface area contributed by atoms with Gasteiger partial charge in [0.05, 0.1) is 16.8 Å². The van der Waals surface area contributed by atoms with E-state index in [0.717, 1.165) is 25.8 Å². The van der Waals surface area contributed by atoms with Gasteiger partial charge in [-0.1, -0.05) is 47.7 Å². The number of aryl methyl sites for hydroxylation is 2. The summed E-state index contributed by atoms with van der Waals surface area (Å²) in [6.45, 7) is 4.44. The topological polar surface area (TPSA) is 55.2 Å². The van der Waals surface area contributed by atoms with Crippen molar-refractivity contribution < 1.29 is 4.79 Å². The van der Waals surface area contributed by atoms with Gasteiger partial charge in [-0.3, -0.25) is 14.5 Å². The third-order valence-corrected chi connectivity index (χ3v) is 6.55. The Morgan fingerprint density at radius 2 is 1.87 bits per heavy atom. The zero-order valence-corrected chi connectivity index (χ0v) is 19.0. The predicted octanol–water partition coefficient (Wildman–Crippen LogP) is 5.07. The Labute approximate surface area is 186 Å². The highest BCUT2D eigenvalue weighted by molar-refractivity contribution is 9.10. The molecule has 4 aromatic rings. The van der Waals surface area contributed by atoms with Crippen LogP contribution >= 0.6 is 27.3 Å². The quantitative estimate of drug-likeness (QED) is 0.399. The van der Waals surface area contributed by atoms with E-state index in [-0.39, 0.29) is 18.0 Å². The van der Waals surface area contributed by atoms with Crippen molar-refractivity contribution in [2.75, 3.05) is 4.90 Å². The molecule has 7 heteroatoms. The number of pyridine rings is 1. The summed E-state index contributed by atoms with van der Waals surface area (Å²) in [7, 11) is 0. The van der Waals surface area contributed by atoms with E-state index in [0.29, 0.717) is 11.7 Å². The minimum absolute atomic E-state index is 0.0565. The van der Waals surface area contributed by atoms with E-state index in [4.69, 9.17) is 4.98 Å². The van der Waals surface area contributed by atoms with E-state index in [1.165, 1.54) is 27.5 Å². The largest absolute Gasteiger partial charge is 0.305 e. The molecule has 0 unspecified atom stereocenters. The average molecular weight is 482 g/mol. The van der Waals surface area contributed by atoms with Crippen molar-refractivity contribution in [2.24, 2.45) is 0 Å². The molecule has 0 aliphatic carbocycles. The molecule has 152 valence electrons. The highest BCUT2D eigenvalue weighted by Crippen LogP contribution is 2.32. The fourth-order valence-electron chi connectivity index (χ4n) is 3.22. The Bertz CT molecular complexity index is 1280. The summed E-state index contributed by atoms with van der Waals surface area (Å²) in [5.74, 6) is -0.188. The Morgan fingerprint density at radius 1 is 1.10 bits per heavy atom. The molecule has 0 aliphatic rings. The number of hydrogen-bond acceptors (Lipinski definition) is 4. The minimum atomic E-state index is -0.220. The molecule has 0 radical (unpaired) electrons. The maximum atomic E-state index is 13.3. The van der Waals surface area contributed by atoms with Crippen LogP contribution in [0.25, 0.3) is 10.2 Å². The van der Waals surface area contributed by atoms with Crippen molar-refractivity contribution in [3.63, 3.8) is 0 Å². The SMILES string of the molecule is Cc1ccc2sc(N(Cc3ccccc3)C(=O)Cn3cc(Br)ccc3=O)nc2c1C. The molecule has 2 heterocycles. The number of amides is 1. The van der Waals surface area contributed by atoms with Gasteiger partial charge in [-0.15, -0.1) is 0 Å². The molecular formula is C23H20BrN3O2S. The molecule has 0 aliphatic heterocycles. The lowest BCUT2D eigenvalue weighted by molar-refractivity contribution is -0.119. The molecule has 1 amide bonds. The van der Waals surface area contributed by atoms with E-state index >= 15 is 0 Å². The summed E-state index contributed by atoms with van der Waals surface area (Å²) in [5.41, 5.74) is 3.98. The van der Waals surface area contributed by atoms with E-state index in [1.807, 2.05) is 43.3 Å². The van der Waals surface area contributed by atoms with Crippen molar-refractivity contribution in [3.8, 4) is 0 Å². The van der Waals surface area contributed by atoms with Gasteiger partial charge in [-0.05, 0) is 58.6 Å². The molecule has 0 bridgehead atoms. The molecule has 30 heavy (non-hydrogen) atoms. The fraction of sp³-hybridized carbons (Fsp3) is 0.174. The van der Waals surface area contributed by atoms with E-state index in [1.54, 1.807) is 17.2 Å². The number of rotatable bonds is 5. The summed E-state index contributed by atoms with van der Waals surface area (Å²) >= 11 is 4.86. The average Bonchev–Trinajstić information content (AvgIpc) is 3.17. The van der Waals surface area contributed by atoms with Crippen molar-refractivity contribution in [2.45, 2.75) is 26.9 Å². The van der Waals surface area contributed by atoms with E-state index in [9.17, 15) is 9.59 Å². The molecule has 0 spiro atoms. The third kappa shape index (κ3) is 4.22. The third-order valence-electron chi connectivity index (χ3n) is 5.04. The molecule has 0 saturated heterocycles. The summed E-state index contributed by atoms with van der Waals surface area (Å²) < 4.78 is 3.20. The van der Waals surface area contributed by atoms with Gasteiger partial charge in [-0.25, -0.2) is 4.98 Å². The Balaban J connectivity index is 1.74. The maximum absolute atomic E-state index is 13.3. The van der Waals surface area contributed by atoms with Gasteiger partial charge in [0.1, 0.15) is 6.54 Å². The van der Waals surface area contributed by atoms with Crippen LogP contribution in [0.2, 0.25) is 0 Å². The molecular weight excluding hydrogens is 462 g/mol. The van der Waals surface area contributed by atoms with Crippen LogP contribution in [0.3, 0.4) is 0 Å². The highest BCUT2D eigenvalue weighted by atomic mass is 79.9. The van der Waals surface area contributed by atoms with Crippen molar-refractivity contribution in [3.05, 3.63) is 92.3 Å². The Kier molecular flexibility index (Phi) is 5.83. The first kappa shape index (κ1) is 20.5. The molecule has 2 aromatic heterocycles. The number of hydrogen-bond donors (Lipinski definition) is 0. The zero-order valence-electron chi connectivity index (χ0n) is 16.6. The number of carbonyl (C=O) groups is 1. The molecule has 0 saturated carbocycles. The van der Waals surface area contributed by atoms with Gasteiger partial charge in [-0.2, -0.15) is 0 Å². The number of thiazole rings is 1. The number of fused-ring (bicyclic) bond motifs is 1. The van der Waals surface area contributed by atoms with Gasteiger partial charge in [0.2, 0.25) is 5.91 Å². The van der Waals surface area contributed by atoms with Crippen LogP contribution in [0.1, 0.15) is 16.7 Å². The summed E-state index contributed by atoms with van der Waals surface area (Å²) in [6.07, 6.45) is 1.63. The van der Waals surface area contributed by atoms with Gasteiger partial charge < -0.3 is 4.57 Å². The van der Waals surface area contributed by atoms with Crippen LogP contribution in [0, 0.1) is 13.8 Å². The van der Waals surface area contributed by atoms with Gasteiger partial charge >= 0.3 is 0 Å². The zero-order chi connectivity index (χ0) is 21.3. The number of nitrogens with zero attached hydrogens (tertiary/aromatic N) is 3. The Morgan fingerprint density at radius 3 is 2.63 bits per heavy atom. The first-order valence-corrected chi connectivity index (χ1v) is 11.1. The Hall–Kier alpha value is -2.77. The first-order valence-electron chi connectivity index (χ1n) is 9.49. The van der Waals surface area contributed by atoms with Crippen LogP contribution in [-0.4, -0.2) is 15.5 Å². The molecule has 0 fully saturated rings. The van der Waals surface area contributed by atoms with Crippen molar-refractivity contribution in [1.82, 2.24) is 9.55 Å². The van der Waals surface area contributed by atoms with Gasteiger partial charge in [0.15, 0.2) is 5.13 Å². The summed E-state index contributed by atoms with van der Waals surface area (Å²) in [4.78, 5) is 32.0. The highest BCUT2D eigenvalue weighted by Gasteiger charge is 2.21. The van der Waals surface area contributed by atoms with Crippen LogP contribution in [0.4, 0.5) is 5.13 Å². The molecule has 5 nitrogen and oxygen atoms in total. The van der Waals surface area contributed by atoms with Crippen LogP contribution in [-0.2, 0) is 17.9 Å². The van der Waals surface area contributed by atoms with Gasteiger partial charge in [0.25, 0.3) is 5.56 Å². The van der Waals surface area contributed by atoms with E-state index < -0.39 is 0 Å². The summed E-state index contributed by atoms with van der Waals surface area (Å²) in [5, 5.41) is 0.635. The monoisotopic (exact) mass is 481 g/mol. The number of carbonyl (C=O) groups excluding carboxylic acids is 1. The second-order valence-corrected chi connectivity index (χ2v) is 9.05. The minimum Gasteiger partial charge on any atom is -0.305 e. The standard InChI is InChI=1S/C23H20BrN3O2S/c1-15-8-10-19-22(16(15)2)25-23(30-19)27(12-17-6-4-3-5-7-17)21(29)14-26-13-18(24)9-11-20(26)28/h3-11,13H,12,14H2,1-2H3. The normalized spacial score (nSPS) is 11.0. The number of benzene rings is 2. The maximum Gasteiger partial charge on any atom is 0.251 e.